The molecule has 2 amide bonds. The maximum absolute atomic E-state index is 11.9. The number of carbonyl (C=O) groups is 2. The van der Waals surface area contributed by atoms with E-state index in [2.05, 4.69) is 10.6 Å². The Labute approximate surface area is 118 Å². The van der Waals surface area contributed by atoms with Crippen LogP contribution in [0.1, 0.15) is 37.8 Å². The maximum atomic E-state index is 11.9. The first kappa shape index (κ1) is 14.4. The van der Waals surface area contributed by atoms with Crippen molar-refractivity contribution >= 4 is 12.0 Å². The van der Waals surface area contributed by atoms with Crippen LogP contribution in [0.3, 0.4) is 0 Å². The van der Waals surface area contributed by atoms with E-state index in [0.717, 1.165) is 12.3 Å². The molecule has 1 aliphatic carbocycles. The number of hydrogen-bond acceptors (Lipinski definition) is 2. The molecule has 1 saturated carbocycles. The van der Waals surface area contributed by atoms with Crippen LogP contribution in [0.25, 0.3) is 0 Å². The van der Waals surface area contributed by atoms with Crippen LogP contribution in [0.5, 0.6) is 0 Å². The number of carboxylic acids is 1. The number of amides is 2. The van der Waals surface area contributed by atoms with Gasteiger partial charge < -0.3 is 15.7 Å². The molecular weight excluding hydrogens is 256 g/mol. The van der Waals surface area contributed by atoms with Crippen LogP contribution in [0.15, 0.2) is 30.3 Å². The number of carbonyl (C=O) groups excluding carboxylic acids is 1. The minimum Gasteiger partial charge on any atom is -0.479 e. The molecule has 0 radical (unpaired) electrons. The van der Waals surface area contributed by atoms with Crippen LogP contribution in [-0.4, -0.2) is 23.1 Å². The van der Waals surface area contributed by atoms with E-state index in [1.54, 1.807) is 30.3 Å². The summed E-state index contributed by atoms with van der Waals surface area (Å²) in [5, 5.41) is 14.5. The van der Waals surface area contributed by atoms with E-state index >= 15 is 0 Å². The molecule has 0 aliphatic heterocycles. The summed E-state index contributed by atoms with van der Waals surface area (Å²) in [4.78, 5) is 23.1. The van der Waals surface area contributed by atoms with Gasteiger partial charge in [0.25, 0.3) is 0 Å². The number of rotatable bonds is 6. The molecule has 0 bridgehead atoms. The normalized spacial score (nSPS) is 17.1. The van der Waals surface area contributed by atoms with E-state index in [9.17, 15) is 14.7 Å². The molecule has 0 spiro atoms. The summed E-state index contributed by atoms with van der Waals surface area (Å²) in [6, 6.07) is 7.28. The highest BCUT2D eigenvalue weighted by Gasteiger charge is 2.26. The lowest BCUT2D eigenvalue weighted by atomic mass is 10.1. The van der Waals surface area contributed by atoms with E-state index in [1.807, 2.05) is 6.92 Å². The SMILES string of the molecule is CC(CC1CC1)NC(=O)N[C@@H](C(=O)O)c1ccccc1. The Morgan fingerprint density at radius 1 is 1.25 bits per heavy atom. The average molecular weight is 276 g/mol. The van der Waals surface area contributed by atoms with Gasteiger partial charge >= 0.3 is 12.0 Å². The first-order valence-corrected chi connectivity index (χ1v) is 6.91. The highest BCUT2D eigenvalue weighted by atomic mass is 16.4. The van der Waals surface area contributed by atoms with E-state index < -0.39 is 18.0 Å². The fourth-order valence-corrected chi connectivity index (χ4v) is 2.24. The van der Waals surface area contributed by atoms with Crippen molar-refractivity contribution in [1.82, 2.24) is 10.6 Å². The smallest absolute Gasteiger partial charge is 0.330 e. The number of aliphatic carboxylic acids is 1. The fourth-order valence-electron chi connectivity index (χ4n) is 2.24. The molecule has 1 fully saturated rings. The molecule has 20 heavy (non-hydrogen) atoms. The Balaban J connectivity index is 1.90. The summed E-state index contributed by atoms with van der Waals surface area (Å²) in [5.41, 5.74) is 0.560. The Hall–Kier alpha value is -2.04. The van der Waals surface area contributed by atoms with Crippen molar-refractivity contribution < 1.29 is 14.7 Å². The molecule has 2 atom stereocenters. The third-order valence-corrected chi connectivity index (χ3v) is 3.42. The number of nitrogens with one attached hydrogen (secondary N) is 2. The summed E-state index contributed by atoms with van der Waals surface area (Å²) >= 11 is 0. The predicted molar refractivity (Wildman–Crippen MR) is 75.3 cm³/mol. The topological polar surface area (TPSA) is 78.4 Å². The minimum absolute atomic E-state index is 0.0627. The van der Waals surface area contributed by atoms with Gasteiger partial charge in [0.2, 0.25) is 0 Å². The zero-order chi connectivity index (χ0) is 14.5. The Kier molecular flexibility index (Phi) is 4.61. The van der Waals surface area contributed by atoms with Gasteiger partial charge in [0.05, 0.1) is 0 Å². The second-order valence-corrected chi connectivity index (χ2v) is 5.38. The van der Waals surface area contributed by atoms with E-state index in [1.165, 1.54) is 12.8 Å². The zero-order valence-electron chi connectivity index (χ0n) is 11.5. The summed E-state index contributed by atoms with van der Waals surface area (Å²) in [5.74, 6) is -0.351. The van der Waals surface area contributed by atoms with Crippen molar-refractivity contribution in [3.8, 4) is 0 Å². The van der Waals surface area contributed by atoms with Crippen molar-refractivity contribution in [3.63, 3.8) is 0 Å². The number of hydrogen-bond donors (Lipinski definition) is 3. The van der Waals surface area contributed by atoms with E-state index in [0.29, 0.717) is 5.56 Å². The molecule has 5 heteroatoms. The van der Waals surface area contributed by atoms with Gasteiger partial charge in [-0.2, -0.15) is 0 Å². The summed E-state index contributed by atoms with van der Waals surface area (Å²) in [6.07, 6.45) is 3.42. The Bertz CT molecular complexity index is 471. The van der Waals surface area contributed by atoms with Crippen molar-refractivity contribution in [2.24, 2.45) is 5.92 Å². The Morgan fingerprint density at radius 3 is 2.45 bits per heavy atom. The second kappa shape index (κ2) is 6.41. The largest absolute Gasteiger partial charge is 0.479 e. The van der Waals surface area contributed by atoms with Crippen LogP contribution < -0.4 is 10.6 Å². The number of carboxylic acid groups (broad SMARTS) is 1. The van der Waals surface area contributed by atoms with Gasteiger partial charge in [-0.1, -0.05) is 43.2 Å². The lowest BCUT2D eigenvalue weighted by Gasteiger charge is -2.18. The molecule has 5 nitrogen and oxygen atoms in total. The molecule has 3 N–H and O–H groups in total. The van der Waals surface area contributed by atoms with Crippen molar-refractivity contribution in [3.05, 3.63) is 35.9 Å². The van der Waals surface area contributed by atoms with Gasteiger partial charge in [-0.15, -0.1) is 0 Å². The molecule has 0 heterocycles. The third kappa shape index (κ3) is 4.26. The summed E-state index contributed by atoms with van der Waals surface area (Å²) < 4.78 is 0. The zero-order valence-corrected chi connectivity index (χ0v) is 11.5. The first-order valence-electron chi connectivity index (χ1n) is 6.91. The molecule has 108 valence electrons. The standard InChI is InChI=1S/C15H20N2O3/c1-10(9-11-7-8-11)16-15(20)17-13(14(18)19)12-5-3-2-4-6-12/h2-6,10-11,13H,7-9H2,1H3,(H,18,19)(H2,16,17,20)/t10?,13-/m1/s1. The number of urea groups is 1. The van der Waals surface area contributed by atoms with Gasteiger partial charge in [-0.25, -0.2) is 9.59 Å². The molecule has 1 aliphatic rings. The molecule has 1 aromatic rings. The lowest BCUT2D eigenvalue weighted by molar-refractivity contribution is -0.139. The lowest BCUT2D eigenvalue weighted by Crippen LogP contribution is -2.44. The van der Waals surface area contributed by atoms with Gasteiger partial charge in [-0.05, 0) is 24.8 Å². The summed E-state index contributed by atoms with van der Waals surface area (Å²) in [7, 11) is 0. The maximum Gasteiger partial charge on any atom is 0.330 e. The summed E-state index contributed by atoms with van der Waals surface area (Å²) in [6.45, 7) is 1.94. The third-order valence-electron chi connectivity index (χ3n) is 3.42. The van der Waals surface area contributed by atoms with Crippen LogP contribution in [0.2, 0.25) is 0 Å². The van der Waals surface area contributed by atoms with Crippen molar-refractivity contribution in [1.29, 1.82) is 0 Å². The van der Waals surface area contributed by atoms with Gasteiger partial charge in [0.1, 0.15) is 0 Å². The highest BCUT2D eigenvalue weighted by molar-refractivity contribution is 5.83. The number of benzene rings is 1. The molecule has 1 aromatic carbocycles. The second-order valence-electron chi connectivity index (χ2n) is 5.38. The van der Waals surface area contributed by atoms with Crippen molar-refractivity contribution in [2.75, 3.05) is 0 Å². The average Bonchev–Trinajstić information content (AvgIpc) is 3.20. The van der Waals surface area contributed by atoms with Crippen LogP contribution in [0.4, 0.5) is 4.79 Å². The monoisotopic (exact) mass is 276 g/mol. The minimum atomic E-state index is -1.07. The fraction of sp³-hybridized carbons (Fsp3) is 0.467. The van der Waals surface area contributed by atoms with Crippen LogP contribution >= 0.6 is 0 Å². The van der Waals surface area contributed by atoms with Gasteiger partial charge in [-0.3, -0.25) is 0 Å². The molecule has 0 aromatic heterocycles. The predicted octanol–water partition coefficient (Wildman–Crippen LogP) is 2.30. The van der Waals surface area contributed by atoms with Crippen LogP contribution in [-0.2, 0) is 4.79 Å². The van der Waals surface area contributed by atoms with Crippen LogP contribution in [0, 0.1) is 5.92 Å². The molecular formula is C15H20N2O3. The van der Waals surface area contributed by atoms with Gasteiger partial charge in [0.15, 0.2) is 6.04 Å². The highest BCUT2D eigenvalue weighted by Crippen LogP contribution is 2.33. The van der Waals surface area contributed by atoms with E-state index in [4.69, 9.17) is 0 Å². The molecule has 2 rings (SSSR count). The Morgan fingerprint density at radius 2 is 1.90 bits per heavy atom. The van der Waals surface area contributed by atoms with E-state index in [-0.39, 0.29) is 6.04 Å². The molecule has 0 saturated heterocycles. The molecule has 1 unspecified atom stereocenters. The quantitative estimate of drug-likeness (QED) is 0.746. The van der Waals surface area contributed by atoms with Gasteiger partial charge in [0, 0.05) is 6.04 Å². The first-order chi connectivity index (χ1) is 9.56. The van der Waals surface area contributed by atoms with Crippen molar-refractivity contribution in [2.45, 2.75) is 38.3 Å².